The Hall–Kier alpha value is -1.35. The monoisotopic (exact) mass is 310 g/mol. The van der Waals surface area contributed by atoms with E-state index >= 15 is 0 Å². The van der Waals surface area contributed by atoms with Crippen LogP contribution in [0.15, 0.2) is 0 Å². The summed E-state index contributed by atoms with van der Waals surface area (Å²) in [6, 6.07) is -1.13. The summed E-state index contributed by atoms with van der Waals surface area (Å²) in [7, 11) is 0. The molecule has 0 radical (unpaired) electrons. The molecule has 0 saturated carbocycles. The van der Waals surface area contributed by atoms with E-state index in [9.17, 15) is 22.8 Å². The zero-order valence-electron chi connectivity index (χ0n) is 11.9. The lowest BCUT2D eigenvalue weighted by atomic mass is 9.90. The van der Waals surface area contributed by atoms with E-state index in [4.69, 9.17) is 5.73 Å². The van der Waals surface area contributed by atoms with Crippen molar-refractivity contribution in [2.45, 2.75) is 25.9 Å². The van der Waals surface area contributed by atoms with Gasteiger partial charge in [0.25, 0.3) is 0 Å². The fourth-order valence-corrected chi connectivity index (χ4v) is 2.16. The third-order valence-corrected chi connectivity index (χ3v) is 3.49. The van der Waals surface area contributed by atoms with Gasteiger partial charge in [0.05, 0.1) is 0 Å². The number of likely N-dealkylation sites (tertiary alicyclic amines) is 1. The van der Waals surface area contributed by atoms with E-state index in [-0.39, 0.29) is 11.8 Å². The number of nitrogens with zero attached hydrogens (tertiary/aromatic N) is 1. The summed E-state index contributed by atoms with van der Waals surface area (Å²) < 4.78 is 35.6. The molecule has 1 fully saturated rings. The number of nitrogens with one attached hydrogen (secondary N) is 2. The molecule has 3 amide bonds. The number of hydrogen-bond acceptors (Lipinski definition) is 4. The van der Waals surface area contributed by atoms with Gasteiger partial charge in [-0.25, -0.2) is 4.79 Å². The maximum atomic E-state index is 11.9. The molecule has 1 aliphatic heterocycles. The van der Waals surface area contributed by atoms with Crippen LogP contribution >= 0.6 is 0 Å². The number of hydrogen-bond donors (Lipinski definition) is 3. The molecular formula is C12H21F3N4O2. The first-order chi connectivity index (χ1) is 9.63. The summed E-state index contributed by atoms with van der Waals surface area (Å²) in [4.78, 5) is 24.6. The third-order valence-electron chi connectivity index (χ3n) is 3.49. The van der Waals surface area contributed by atoms with E-state index in [1.165, 1.54) is 0 Å². The van der Waals surface area contributed by atoms with Crippen LogP contribution in [0.25, 0.3) is 0 Å². The van der Waals surface area contributed by atoms with Crippen molar-refractivity contribution in [3.8, 4) is 0 Å². The summed E-state index contributed by atoms with van der Waals surface area (Å²) in [5.41, 5.74) is 5.71. The molecule has 1 rings (SSSR count). The second-order valence-electron chi connectivity index (χ2n) is 5.64. The largest absolute Gasteiger partial charge is 0.405 e. The van der Waals surface area contributed by atoms with E-state index in [2.05, 4.69) is 11.8 Å². The Morgan fingerprint density at radius 2 is 2.05 bits per heavy atom. The molecule has 0 aromatic carbocycles. The van der Waals surface area contributed by atoms with Crippen LogP contribution < -0.4 is 16.4 Å². The molecule has 1 atom stereocenters. The van der Waals surface area contributed by atoms with Gasteiger partial charge in [-0.15, -0.1) is 0 Å². The lowest BCUT2D eigenvalue weighted by molar-refractivity contribution is -0.124. The molecule has 0 aromatic heterocycles. The molecule has 1 saturated heterocycles. The molecule has 1 unspecified atom stereocenters. The Balaban J connectivity index is 2.21. The highest BCUT2D eigenvalue weighted by molar-refractivity contribution is 5.94. The van der Waals surface area contributed by atoms with E-state index in [0.29, 0.717) is 13.1 Å². The Kier molecular flexibility index (Phi) is 5.97. The third kappa shape index (κ3) is 6.76. The SMILES string of the molecule is CC1(CN)CCN(CCC(=O)NC(=O)NCC(F)(F)F)C1. The van der Waals surface area contributed by atoms with Crippen LogP contribution in [0.4, 0.5) is 18.0 Å². The van der Waals surface area contributed by atoms with Gasteiger partial charge in [-0.1, -0.05) is 6.92 Å². The first-order valence-electron chi connectivity index (χ1n) is 6.70. The van der Waals surface area contributed by atoms with Crippen LogP contribution in [-0.2, 0) is 4.79 Å². The maximum Gasteiger partial charge on any atom is 0.405 e. The van der Waals surface area contributed by atoms with E-state index in [0.717, 1.165) is 19.5 Å². The first kappa shape index (κ1) is 17.7. The van der Waals surface area contributed by atoms with Gasteiger partial charge in [-0.05, 0) is 24.9 Å². The predicted octanol–water partition coefficient (Wildman–Crippen LogP) is 0.435. The van der Waals surface area contributed by atoms with Gasteiger partial charge in [0, 0.05) is 19.5 Å². The molecule has 0 bridgehead atoms. The number of rotatable bonds is 5. The van der Waals surface area contributed by atoms with Crippen molar-refractivity contribution >= 4 is 11.9 Å². The van der Waals surface area contributed by atoms with Crippen molar-refractivity contribution in [1.82, 2.24) is 15.5 Å². The number of urea groups is 1. The normalized spacial score (nSPS) is 23.1. The number of imide groups is 1. The van der Waals surface area contributed by atoms with Gasteiger partial charge >= 0.3 is 12.2 Å². The average Bonchev–Trinajstić information content (AvgIpc) is 2.76. The average molecular weight is 310 g/mol. The summed E-state index contributed by atoms with van der Waals surface area (Å²) in [6.45, 7) is 3.21. The minimum Gasteiger partial charge on any atom is -0.330 e. The standard InChI is InChI=1S/C12H21F3N4O2/c1-11(6-16)3-5-19(8-11)4-2-9(20)18-10(21)17-7-12(13,14)15/h2-8,16H2,1H3,(H2,17,18,20,21). The Morgan fingerprint density at radius 3 is 2.57 bits per heavy atom. The topological polar surface area (TPSA) is 87.5 Å². The van der Waals surface area contributed by atoms with Crippen LogP contribution in [0.3, 0.4) is 0 Å². The van der Waals surface area contributed by atoms with Gasteiger partial charge in [0.1, 0.15) is 6.54 Å². The number of alkyl halides is 3. The highest BCUT2D eigenvalue weighted by Crippen LogP contribution is 2.28. The van der Waals surface area contributed by atoms with Crippen LogP contribution in [0.1, 0.15) is 19.8 Å². The van der Waals surface area contributed by atoms with Gasteiger partial charge in [0.2, 0.25) is 5.91 Å². The molecule has 6 nitrogen and oxygen atoms in total. The molecular weight excluding hydrogens is 289 g/mol. The molecule has 1 aliphatic rings. The minimum absolute atomic E-state index is 0.0422. The highest BCUT2D eigenvalue weighted by Gasteiger charge is 2.32. The molecule has 122 valence electrons. The van der Waals surface area contributed by atoms with E-state index in [1.807, 2.05) is 5.32 Å². The van der Waals surface area contributed by atoms with Crippen molar-refractivity contribution in [3.63, 3.8) is 0 Å². The molecule has 0 aliphatic carbocycles. The Labute approximate surface area is 121 Å². The Bertz CT molecular complexity index is 389. The van der Waals surface area contributed by atoms with Gasteiger partial charge in [-0.3, -0.25) is 10.1 Å². The summed E-state index contributed by atoms with van der Waals surface area (Å²) >= 11 is 0. The van der Waals surface area contributed by atoms with Crippen LogP contribution in [0, 0.1) is 5.41 Å². The quantitative estimate of drug-likeness (QED) is 0.687. The van der Waals surface area contributed by atoms with Crippen molar-refractivity contribution in [2.75, 3.05) is 32.7 Å². The van der Waals surface area contributed by atoms with Crippen molar-refractivity contribution in [2.24, 2.45) is 11.1 Å². The molecule has 9 heteroatoms. The molecule has 0 spiro atoms. The van der Waals surface area contributed by atoms with Crippen molar-refractivity contribution in [3.05, 3.63) is 0 Å². The molecule has 4 N–H and O–H groups in total. The number of amides is 3. The van der Waals surface area contributed by atoms with Gasteiger partial charge in [-0.2, -0.15) is 13.2 Å². The molecule has 0 aromatic rings. The van der Waals surface area contributed by atoms with Crippen LogP contribution in [-0.4, -0.2) is 55.7 Å². The Morgan fingerprint density at radius 1 is 1.38 bits per heavy atom. The van der Waals surface area contributed by atoms with Gasteiger partial charge in [0.15, 0.2) is 0 Å². The van der Waals surface area contributed by atoms with E-state index < -0.39 is 24.7 Å². The molecule has 21 heavy (non-hydrogen) atoms. The number of carbonyl (C=O) groups is 2. The van der Waals surface area contributed by atoms with E-state index in [1.54, 1.807) is 5.32 Å². The van der Waals surface area contributed by atoms with Crippen LogP contribution in [0.2, 0.25) is 0 Å². The lowest BCUT2D eigenvalue weighted by Gasteiger charge is -2.22. The molecule has 1 heterocycles. The number of nitrogens with two attached hydrogens (primary N) is 1. The number of carbonyl (C=O) groups excluding carboxylic acids is 2. The second-order valence-corrected chi connectivity index (χ2v) is 5.64. The first-order valence-corrected chi connectivity index (χ1v) is 6.70. The summed E-state index contributed by atoms with van der Waals surface area (Å²) in [5, 5.41) is 3.45. The van der Waals surface area contributed by atoms with Gasteiger partial charge < -0.3 is 16.0 Å². The smallest absolute Gasteiger partial charge is 0.330 e. The number of halogens is 3. The fourth-order valence-electron chi connectivity index (χ4n) is 2.16. The second kappa shape index (κ2) is 7.08. The summed E-state index contributed by atoms with van der Waals surface area (Å²) in [5.74, 6) is -0.601. The van der Waals surface area contributed by atoms with Crippen molar-refractivity contribution in [1.29, 1.82) is 0 Å². The van der Waals surface area contributed by atoms with Crippen molar-refractivity contribution < 1.29 is 22.8 Å². The van der Waals surface area contributed by atoms with Crippen LogP contribution in [0.5, 0.6) is 0 Å². The zero-order chi connectivity index (χ0) is 16.1. The predicted molar refractivity (Wildman–Crippen MR) is 70.4 cm³/mol. The minimum atomic E-state index is -4.50. The maximum absolute atomic E-state index is 11.9. The zero-order valence-corrected chi connectivity index (χ0v) is 11.9. The lowest BCUT2D eigenvalue weighted by Crippen LogP contribution is -2.44. The summed E-state index contributed by atoms with van der Waals surface area (Å²) in [6.07, 6.45) is -3.50. The highest BCUT2D eigenvalue weighted by atomic mass is 19.4. The fraction of sp³-hybridized carbons (Fsp3) is 0.833.